The van der Waals surface area contributed by atoms with Gasteiger partial charge in [-0.1, -0.05) is 33.6 Å². The fraction of sp³-hybridized carbons (Fsp3) is 0.833. The Bertz CT molecular complexity index is 254. The van der Waals surface area contributed by atoms with E-state index >= 15 is 0 Å². The third-order valence-corrected chi connectivity index (χ3v) is 2.52. The zero-order valence-corrected chi connectivity index (χ0v) is 10.9. The molecule has 17 heavy (non-hydrogen) atoms. The van der Waals surface area contributed by atoms with Crippen LogP contribution in [0.5, 0.6) is 0 Å². The Morgan fingerprint density at radius 1 is 1.35 bits per heavy atom. The SMILES string of the molecule is CCCCC(NC(=O)[C@@H](N)CC(C)C)C(=O)O. The summed E-state index contributed by atoms with van der Waals surface area (Å²) in [4.78, 5) is 22.6. The lowest BCUT2D eigenvalue weighted by atomic mass is 10.0. The number of nitrogens with two attached hydrogens (primary N) is 1. The van der Waals surface area contributed by atoms with E-state index in [0.29, 0.717) is 18.8 Å². The molecule has 1 unspecified atom stereocenters. The van der Waals surface area contributed by atoms with Gasteiger partial charge in [-0.15, -0.1) is 0 Å². The molecule has 1 amide bonds. The van der Waals surface area contributed by atoms with E-state index < -0.39 is 18.1 Å². The average Bonchev–Trinajstić information content (AvgIpc) is 2.22. The molecule has 0 saturated carbocycles. The Balaban J connectivity index is 4.24. The maximum atomic E-state index is 11.7. The van der Waals surface area contributed by atoms with Crippen LogP contribution in [-0.2, 0) is 9.59 Å². The number of aliphatic carboxylic acids is 1. The molecule has 0 aliphatic heterocycles. The molecule has 2 atom stereocenters. The third-order valence-electron chi connectivity index (χ3n) is 2.52. The minimum absolute atomic E-state index is 0.315. The molecule has 4 N–H and O–H groups in total. The predicted octanol–water partition coefficient (Wildman–Crippen LogP) is 1.12. The summed E-state index contributed by atoms with van der Waals surface area (Å²) >= 11 is 0. The summed E-state index contributed by atoms with van der Waals surface area (Å²) in [5.41, 5.74) is 5.69. The first-order valence-electron chi connectivity index (χ1n) is 6.17. The highest BCUT2D eigenvalue weighted by Gasteiger charge is 2.22. The highest BCUT2D eigenvalue weighted by molar-refractivity contribution is 5.86. The number of carbonyl (C=O) groups excluding carboxylic acids is 1. The maximum Gasteiger partial charge on any atom is 0.326 e. The van der Waals surface area contributed by atoms with Crippen LogP contribution < -0.4 is 11.1 Å². The predicted molar refractivity (Wildman–Crippen MR) is 66.5 cm³/mol. The third kappa shape index (κ3) is 6.94. The highest BCUT2D eigenvalue weighted by atomic mass is 16.4. The molecule has 0 saturated heterocycles. The van der Waals surface area contributed by atoms with Crippen molar-refractivity contribution in [2.24, 2.45) is 11.7 Å². The number of carboxylic acids is 1. The van der Waals surface area contributed by atoms with Crippen molar-refractivity contribution in [2.45, 2.75) is 58.5 Å². The first kappa shape index (κ1) is 15.9. The van der Waals surface area contributed by atoms with Crippen molar-refractivity contribution in [2.75, 3.05) is 0 Å². The molecule has 0 aliphatic rings. The van der Waals surface area contributed by atoms with Crippen LogP contribution in [0.3, 0.4) is 0 Å². The van der Waals surface area contributed by atoms with Gasteiger partial charge in [-0.3, -0.25) is 4.79 Å². The van der Waals surface area contributed by atoms with Gasteiger partial charge in [0.1, 0.15) is 6.04 Å². The lowest BCUT2D eigenvalue weighted by Crippen LogP contribution is -2.48. The van der Waals surface area contributed by atoms with Crippen LogP contribution in [0.15, 0.2) is 0 Å². The summed E-state index contributed by atoms with van der Waals surface area (Å²) in [6.45, 7) is 5.92. The molecule has 0 heterocycles. The molecule has 5 nitrogen and oxygen atoms in total. The van der Waals surface area contributed by atoms with Crippen LogP contribution in [0.4, 0.5) is 0 Å². The van der Waals surface area contributed by atoms with Crippen LogP contribution in [0.25, 0.3) is 0 Å². The second-order valence-electron chi connectivity index (χ2n) is 4.78. The van der Waals surface area contributed by atoms with E-state index in [-0.39, 0.29) is 5.91 Å². The number of unbranched alkanes of at least 4 members (excludes halogenated alkanes) is 1. The molecule has 0 aliphatic carbocycles. The number of amides is 1. The van der Waals surface area contributed by atoms with Crippen molar-refractivity contribution in [1.82, 2.24) is 5.32 Å². The van der Waals surface area contributed by atoms with E-state index in [1.165, 1.54) is 0 Å². The molecule has 0 rings (SSSR count). The van der Waals surface area contributed by atoms with Crippen molar-refractivity contribution in [1.29, 1.82) is 0 Å². The topological polar surface area (TPSA) is 92.4 Å². The standard InChI is InChI=1S/C12H24N2O3/c1-4-5-6-10(12(16)17)14-11(15)9(13)7-8(2)3/h8-10H,4-7,13H2,1-3H3,(H,14,15)(H,16,17)/t9-,10?/m0/s1. The van der Waals surface area contributed by atoms with Gasteiger partial charge in [-0.25, -0.2) is 4.79 Å². The summed E-state index contributed by atoms with van der Waals surface area (Å²) in [7, 11) is 0. The van der Waals surface area contributed by atoms with Crippen LogP contribution in [0.1, 0.15) is 46.5 Å². The van der Waals surface area contributed by atoms with Crippen molar-refractivity contribution >= 4 is 11.9 Å². The molecule has 0 aromatic heterocycles. The first-order chi connectivity index (χ1) is 7.88. The van der Waals surface area contributed by atoms with Crippen molar-refractivity contribution in [3.05, 3.63) is 0 Å². The van der Waals surface area contributed by atoms with Gasteiger partial charge in [0.15, 0.2) is 0 Å². The fourth-order valence-corrected chi connectivity index (χ4v) is 1.56. The van der Waals surface area contributed by atoms with E-state index in [2.05, 4.69) is 5.32 Å². The van der Waals surface area contributed by atoms with Gasteiger partial charge in [0.05, 0.1) is 6.04 Å². The molecule has 0 aromatic carbocycles. The average molecular weight is 244 g/mol. The normalized spacial score (nSPS) is 14.4. The number of hydrogen-bond acceptors (Lipinski definition) is 3. The zero-order chi connectivity index (χ0) is 13.4. The van der Waals surface area contributed by atoms with Gasteiger partial charge in [-0.05, 0) is 18.8 Å². The lowest BCUT2D eigenvalue weighted by molar-refractivity contribution is -0.142. The van der Waals surface area contributed by atoms with E-state index in [9.17, 15) is 9.59 Å². The van der Waals surface area contributed by atoms with Gasteiger partial charge < -0.3 is 16.2 Å². The minimum Gasteiger partial charge on any atom is -0.480 e. The number of nitrogens with one attached hydrogen (secondary N) is 1. The molecule has 0 spiro atoms. The van der Waals surface area contributed by atoms with Crippen LogP contribution >= 0.6 is 0 Å². The van der Waals surface area contributed by atoms with E-state index in [1.54, 1.807) is 0 Å². The lowest BCUT2D eigenvalue weighted by Gasteiger charge is -2.18. The van der Waals surface area contributed by atoms with Crippen LogP contribution in [0, 0.1) is 5.92 Å². The summed E-state index contributed by atoms with van der Waals surface area (Å²) < 4.78 is 0. The van der Waals surface area contributed by atoms with Gasteiger partial charge in [-0.2, -0.15) is 0 Å². The Labute approximate surface area is 103 Å². The smallest absolute Gasteiger partial charge is 0.326 e. The van der Waals surface area contributed by atoms with Crippen LogP contribution in [-0.4, -0.2) is 29.1 Å². The summed E-state index contributed by atoms with van der Waals surface area (Å²) in [5.74, 6) is -1.06. The van der Waals surface area contributed by atoms with Gasteiger partial charge in [0.2, 0.25) is 5.91 Å². The van der Waals surface area contributed by atoms with Crippen molar-refractivity contribution in [3.8, 4) is 0 Å². The first-order valence-corrected chi connectivity index (χ1v) is 6.17. The molecule has 100 valence electrons. The van der Waals surface area contributed by atoms with Gasteiger partial charge >= 0.3 is 5.97 Å². The van der Waals surface area contributed by atoms with E-state index in [0.717, 1.165) is 12.8 Å². The molecular formula is C12H24N2O3. The Morgan fingerprint density at radius 3 is 2.35 bits per heavy atom. The van der Waals surface area contributed by atoms with Gasteiger partial charge in [0, 0.05) is 0 Å². The Morgan fingerprint density at radius 2 is 1.94 bits per heavy atom. The quantitative estimate of drug-likeness (QED) is 0.596. The number of rotatable bonds is 8. The van der Waals surface area contributed by atoms with Gasteiger partial charge in [0.25, 0.3) is 0 Å². The molecule has 0 bridgehead atoms. The summed E-state index contributed by atoms with van der Waals surface area (Å²) in [6.07, 6.45) is 2.69. The number of hydrogen-bond donors (Lipinski definition) is 3. The minimum atomic E-state index is -0.997. The van der Waals surface area contributed by atoms with E-state index in [1.807, 2.05) is 20.8 Å². The van der Waals surface area contributed by atoms with Crippen molar-refractivity contribution in [3.63, 3.8) is 0 Å². The second kappa shape index (κ2) is 8.06. The monoisotopic (exact) mass is 244 g/mol. The number of carboxylic acid groups (broad SMARTS) is 1. The Kier molecular flexibility index (Phi) is 7.54. The summed E-state index contributed by atoms with van der Waals surface area (Å²) in [5, 5.41) is 11.4. The summed E-state index contributed by atoms with van der Waals surface area (Å²) in [6, 6.07) is -1.45. The molecule has 0 fully saturated rings. The zero-order valence-electron chi connectivity index (χ0n) is 10.9. The molecule has 5 heteroatoms. The molecule has 0 radical (unpaired) electrons. The highest BCUT2D eigenvalue weighted by Crippen LogP contribution is 2.05. The van der Waals surface area contributed by atoms with Crippen molar-refractivity contribution < 1.29 is 14.7 Å². The fourth-order valence-electron chi connectivity index (χ4n) is 1.56. The largest absolute Gasteiger partial charge is 0.480 e. The van der Waals surface area contributed by atoms with E-state index in [4.69, 9.17) is 10.8 Å². The van der Waals surface area contributed by atoms with Crippen LogP contribution in [0.2, 0.25) is 0 Å². The molecule has 0 aromatic rings. The maximum absolute atomic E-state index is 11.7. The number of carbonyl (C=O) groups is 2. The Hall–Kier alpha value is -1.10. The second-order valence-corrected chi connectivity index (χ2v) is 4.78. The molecular weight excluding hydrogens is 220 g/mol.